The van der Waals surface area contributed by atoms with Gasteiger partial charge in [-0.3, -0.25) is 4.79 Å². The Morgan fingerprint density at radius 3 is 2.20 bits per heavy atom. The van der Waals surface area contributed by atoms with Crippen molar-refractivity contribution in [3.63, 3.8) is 0 Å². The van der Waals surface area contributed by atoms with Crippen LogP contribution < -0.4 is 10.2 Å². The lowest BCUT2D eigenvalue weighted by molar-refractivity contribution is -0.349. The van der Waals surface area contributed by atoms with Gasteiger partial charge in [0.1, 0.15) is 76.7 Å². The van der Waals surface area contributed by atoms with E-state index in [1.54, 1.807) is 0 Å². The molecule has 14 heteroatoms. The Balaban J connectivity index is 1.45. The summed E-state index contributed by atoms with van der Waals surface area (Å²) in [5.74, 6) is -0.478. The summed E-state index contributed by atoms with van der Waals surface area (Å²) in [6, 6.07) is 9.30. The van der Waals surface area contributed by atoms with E-state index >= 15 is 0 Å². The number of ether oxygens (including phenoxy) is 4. The van der Waals surface area contributed by atoms with Gasteiger partial charge in [-0.25, -0.2) is 0 Å². The molecule has 2 aliphatic heterocycles. The first-order valence-electron chi connectivity index (χ1n) is 12.7. The fourth-order valence-electron chi connectivity index (χ4n) is 4.82. The van der Waals surface area contributed by atoms with Crippen molar-refractivity contribution in [1.29, 1.82) is 0 Å². The molecule has 10 atom stereocenters. The smallest absolute Gasteiger partial charge is 0.229 e. The molecule has 2 aliphatic rings. The highest BCUT2D eigenvalue weighted by Crippen LogP contribution is 2.35. The van der Waals surface area contributed by atoms with E-state index in [0.717, 1.165) is 6.07 Å². The molecule has 2 aromatic carbocycles. The molecule has 222 valence electrons. The third-order valence-corrected chi connectivity index (χ3v) is 7.10. The van der Waals surface area contributed by atoms with Crippen LogP contribution in [0.25, 0.3) is 22.3 Å². The lowest BCUT2D eigenvalue weighted by Gasteiger charge is -2.45. The Morgan fingerprint density at radius 1 is 0.805 bits per heavy atom. The van der Waals surface area contributed by atoms with E-state index in [-0.39, 0.29) is 34.0 Å². The van der Waals surface area contributed by atoms with Gasteiger partial charge in [0.05, 0.1) is 12.7 Å². The third kappa shape index (κ3) is 5.61. The fourth-order valence-corrected chi connectivity index (χ4v) is 4.82. The number of hydrogen-bond acceptors (Lipinski definition) is 14. The summed E-state index contributed by atoms with van der Waals surface area (Å²) in [5, 5.41) is 81.7. The van der Waals surface area contributed by atoms with Crippen molar-refractivity contribution in [3.05, 3.63) is 52.7 Å². The van der Waals surface area contributed by atoms with Gasteiger partial charge >= 0.3 is 0 Å². The van der Waals surface area contributed by atoms with Crippen LogP contribution in [0.4, 0.5) is 0 Å². The number of hydrogen-bond donors (Lipinski definition) is 8. The molecule has 14 nitrogen and oxygen atoms in total. The summed E-state index contributed by atoms with van der Waals surface area (Å²) in [6.07, 6.45) is -15.5. The van der Waals surface area contributed by atoms with Crippen LogP contribution in [0.3, 0.4) is 0 Å². The van der Waals surface area contributed by atoms with Crippen LogP contribution in [0, 0.1) is 0 Å². The van der Waals surface area contributed by atoms with Crippen molar-refractivity contribution in [2.45, 2.75) is 68.3 Å². The second kappa shape index (κ2) is 11.5. The Hall–Kier alpha value is -3.31. The summed E-state index contributed by atoms with van der Waals surface area (Å²) in [5.41, 5.74) is -0.188. The molecule has 3 aromatic rings. The van der Waals surface area contributed by atoms with E-state index in [0.29, 0.717) is 5.56 Å². The number of phenols is 2. The Labute approximate surface area is 231 Å². The van der Waals surface area contributed by atoms with Gasteiger partial charge in [-0.2, -0.15) is 0 Å². The Bertz CT molecular complexity index is 1420. The first-order valence-corrected chi connectivity index (χ1v) is 12.7. The van der Waals surface area contributed by atoms with E-state index in [1.807, 2.05) is 0 Å². The molecule has 0 radical (unpaired) electrons. The van der Waals surface area contributed by atoms with Crippen LogP contribution in [0.5, 0.6) is 17.2 Å². The molecule has 0 aliphatic carbocycles. The van der Waals surface area contributed by atoms with Gasteiger partial charge in [0.15, 0.2) is 11.7 Å². The normalized spacial score (nSPS) is 34.0. The average molecular weight is 579 g/mol. The molecule has 2 saturated heterocycles. The molecular formula is C27H30O14. The standard InChI is InChI=1S/C27H30O14/c1-10-20(32)22(34)23(35)26(37-10)41-25-21(33)18(9-28)40-27(24(25)36)39-17-7-13(30)6-16-19(17)14(31)8-15(38-16)11-2-4-12(29)5-3-11/h2-8,10,18,20-30,32-36H,9H2,1H3/t10-,18+,20-,21+,22+,23+,24-,25-,26-,27+/m0/s1. The van der Waals surface area contributed by atoms with Crippen LogP contribution >= 0.6 is 0 Å². The van der Waals surface area contributed by atoms with Gasteiger partial charge < -0.3 is 64.2 Å². The molecule has 0 saturated carbocycles. The SMILES string of the molecule is C[C@@H]1O[C@@H](O[C@@H]2[C@H](O)[C@H](Oc3cc(O)cc4oc(-c5ccc(O)cc5)cc(=O)c34)O[C@H](CO)[C@H]2O)[C@H](O)[C@H](O)[C@H]1O. The molecule has 5 rings (SSSR count). The average Bonchev–Trinajstić information content (AvgIpc) is 2.93. The van der Waals surface area contributed by atoms with Crippen molar-refractivity contribution >= 4 is 11.0 Å². The van der Waals surface area contributed by atoms with Crippen LogP contribution in [0.1, 0.15) is 6.92 Å². The summed E-state index contributed by atoms with van der Waals surface area (Å²) in [7, 11) is 0. The minimum absolute atomic E-state index is 0.0117. The monoisotopic (exact) mass is 578 g/mol. The van der Waals surface area contributed by atoms with Crippen LogP contribution in [0.15, 0.2) is 51.7 Å². The Morgan fingerprint density at radius 2 is 1.51 bits per heavy atom. The minimum atomic E-state index is -1.82. The van der Waals surface area contributed by atoms with Gasteiger partial charge in [-0.15, -0.1) is 0 Å². The van der Waals surface area contributed by atoms with Crippen molar-refractivity contribution < 1.29 is 64.2 Å². The quantitative estimate of drug-likeness (QED) is 0.174. The van der Waals surface area contributed by atoms with Gasteiger partial charge in [0, 0.05) is 23.8 Å². The molecule has 41 heavy (non-hydrogen) atoms. The molecule has 1 aromatic heterocycles. The lowest BCUT2D eigenvalue weighted by Crippen LogP contribution is -2.64. The topological polar surface area (TPSA) is 229 Å². The van der Waals surface area contributed by atoms with Gasteiger partial charge in [0.2, 0.25) is 6.29 Å². The number of aliphatic hydroxyl groups is 6. The number of phenolic OH excluding ortho intramolecular Hbond substituents is 2. The largest absolute Gasteiger partial charge is 0.508 e. The van der Waals surface area contributed by atoms with Gasteiger partial charge in [-0.05, 0) is 31.2 Å². The molecule has 0 unspecified atom stereocenters. The zero-order valence-corrected chi connectivity index (χ0v) is 21.5. The highest BCUT2D eigenvalue weighted by molar-refractivity contribution is 5.86. The van der Waals surface area contributed by atoms with Gasteiger partial charge in [0.25, 0.3) is 0 Å². The summed E-state index contributed by atoms with van der Waals surface area (Å²) in [4.78, 5) is 13.2. The maximum Gasteiger partial charge on any atom is 0.229 e. The predicted octanol–water partition coefficient (Wildman–Crippen LogP) is -1.10. The fraction of sp³-hybridized carbons (Fsp3) is 0.444. The van der Waals surface area contributed by atoms with Crippen molar-refractivity contribution in [2.75, 3.05) is 6.61 Å². The van der Waals surface area contributed by atoms with E-state index < -0.39 is 73.4 Å². The number of aromatic hydroxyl groups is 2. The predicted molar refractivity (Wildman–Crippen MR) is 137 cm³/mol. The summed E-state index contributed by atoms with van der Waals surface area (Å²) >= 11 is 0. The zero-order chi connectivity index (χ0) is 29.6. The van der Waals surface area contributed by atoms with Crippen molar-refractivity contribution in [1.82, 2.24) is 0 Å². The van der Waals surface area contributed by atoms with Gasteiger partial charge in [-0.1, -0.05) is 0 Å². The maximum atomic E-state index is 13.2. The van der Waals surface area contributed by atoms with E-state index in [1.165, 1.54) is 43.3 Å². The van der Waals surface area contributed by atoms with E-state index in [4.69, 9.17) is 23.4 Å². The molecule has 0 spiro atoms. The van der Waals surface area contributed by atoms with Crippen LogP contribution in [-0.4, -0.2) is 109 Å². The van der Waals surface area contributed by atoms with Crippen molar-refractivity contribution in [3.8, 4) is 28.6 Å². The molecule has 3 heterocycles. The summed E-state index contributed by atoms with van der Waals surface area (Å²) in [6.45, 7) is 0.666. The van der Waals surface area contributed by atoms with E-state index in [9.17, 15) is 45.6 Å². The Kier molecular flexibility index (Phi) is 8.20. The minimum Gasteiger partial charge on any atom is -0.508 e. The number of aliphatic hydroxyl groups excluding tert-OH is 6. The molecule has 0 bridgehead atoms. The second-order valence-corrected chi connectivity index (χ2v) is 9.95. The number of benzene rings is 2. The highest BCUT2D eigenvalue weighted by atomic mass is 16.7. The lowest BCUT2D eigenvalue weighted by atomic mass is 9.97. The summed E-state index contributed by atoms with van der Waals surface area (Å²) < 4.78 is 28.1. The zero-order valence-electron chi connectivity index (χ0n) is 21.5. The van der Waals surface area contributed by atoms with E-state index in [2.05, 4.69) is 0 Å². The first-order chi connectivity index (χ1) is 19.5. The highest BCUT2D eigenvalue weighted by Gasteiger charge is 2.50. The van der Waals surface area contributed by atoms with Crippen LogP contribution in [0.2, 0.25) is 0 Å². The van der Waals surface area contributed by atoms with Crippen LogP contribution in [-0.2, 0) is 14.2 Å². The maximum absolute atomic E-state index is 13.2. The first kappa shape index (κ1) is 29.2. The second-order valence-electron chi connectivity index (χ2n) is 9.95. The molecule has 8 N–H and O–H groups in total. The molecule has 2 fully saturated rings. The van der Waals surface area contributed by atoms with Crippen molar-refractivity contribution in [2.24, 2.45) is 0 Å². The molecule has 0 amide bonds. The number of rotatable bonds is 6. The molecular weight excluding hydrogens is 548 g/mol. The number of fused-ring (bicyclic) bond motifs is 1. The third-order valence-electron chi connectivity index (χ3n) is 7.10.